The van der Waals surface area contributed by atoms with Gasteiger partial charge in [0.15, 0.2) is 0 Å². The second-order valence-electron chi connectivity index (χ2n) is 3.73. The summed E-state index contributed by atoms with van der Waals surface area (Å²) >= 11 is 0. The highest BCUT2D eigenvalue weighted by Gasteiger charge is 2.05. The third-order valence-electron chi connectivity index (χ3n) is 1.97. The van der Waals surface area contributed by atoms with E-state index in [0.717, 1.165) is 19.6 Å². The predicted molar refractivity (Wildman–Crippen MR) is 67.6 cm³/mol. The Balaban J connectivity index is 2.66. The molecule has 2 N–H and O–H groups in total. The van der Waals surface area contributed by atoms with Crippen molar-refractivity contribution in [3.05, 3.63) is 0 Å². The molecule has 0 aromatic carbocycles. The molecule has 0 radical (unpaired) electrons. The van der Waals surface area contributed by atoms with Crippen LogP contribution in [-0.4, -0.2) is 60.7 Å². The van der Waals surface area contributed by atoms with E-state index in [1.54, 1.807) is 0 Å². The van der Waals surface area contributed by atoms with Crippen molar-refractivity contribution in [1.29, 1.82) is 0 Å². The predicted octanol–water partition coefficient (Wildman–Crippen LogP) is 0.285. The lowest BCUT2D eigenvalue weighted by atomic mass is 10.6. The fourth-order valence-electron chi connectivity index (χ4n) is 1.16. The number of hydrogen-bond acceptors (Lipinski definition) is 7. The fourth-order valence-corrected chi connectivity index (χ4v) is 1.16. The maximum atomic E-state index is 5.02. The molecule has 0 aliphatic rings. The van der Waals surface area contributed by atoms with Gasteiger partial charge in [0.05, 0.1) is 7.11 Å². The second-order valence-corrected chi connectivity index (χ2v) is 3.73. The van der Waals surface area contributed by atoms with Gasteiger partial charge in [-0.25, -0.2) is 0 Å². The van der Waals surface area contributed by atoms with Crippen molar-refractivity contribution in [2.45, 2.75) is 6.92 Å². The van der Waals surface area contributed by atoms with Crippen LogP contribution >= 0.6 is 0 Å². The molecule has 0 saturated heterocycles. The maximum absolute atomic E-state index is 5.02. The summed E-state index contributed by atoms with van der Waals surface area (Å²) < 4.78 is 5.02. The van der Waals surface area contributed by atoms with E-state index in [0.29, 0.717) is 17.9 Å². The quantitative estimate of drug-likeness (QED) is 0.709. The lowest BCUT2D eigenvalue weighted by Crippen LogP contribution is -2.22. The number of anilines is 2. The lowest BCUT2D eigenvalue weighted by molar-refractivity contribution is 0.379. The topological polar surface area (TPSA) is 75.2 Å². The van der Waals surface area contributed by atoms with Crippen LogP contribution in [0.4, 0.5) is 11.9 Å². The normalized spacial score (nSPS) is 10.4. The van der Waals surface area contributed by atoms with E-state index in [9.17, 15) is 0 Å². The summed E-state index contributed by atoms with van der Waals surface area (Å²) in [6.45, 7) is 4.41. The number of ether oxygens (including phenoxy) is 1. The van der Waals surface area contributed by atoms with E-state index in [2.05, 4.69) is 30.5 Å². The zero-order chi connectivity index (χ0) is 12.7. The Morgan fingerprint density at radius 3 is 2.29 bits per heavy atom. The van der Waals surface area contributed by atoms with E-state index in [1.165, 1.54) is 7.11 Å². The van der Waals surface area contributed by atoms with Crippen molar-refractivity contribution < 1.29 is 4.74 Å². The molecule has 0 fully saturated rings. The number of nitrogens with one attached hydrogen (secondary N) is 2. The van der Waals surface area contributed by atoms with Gasteiger partial charge in [-0.3, -0.25) is 0 Å². The molecule has 0 amide bonds. The molecule has 0 atom stereocenters. The van der Waals surface area contributed by atoms with Crippen molar-refractivity contribution in [3.63, 3.8) is 0 Å². The minimum atomic E-state index is 0.309. The number of hydrogen-bond donors (Lipinski definition) is 2. The second kappa shape index (κ2) is 6.85. The molecule has 1 aromatic rings. The van der Waals surface area contributed by atoms with Crippen molar-refractivity contribution in [3.8, 4) is 6.01 Å². The Labute approximate surface area is 102 Å². The summed E-state index contributed by atoms with van der Waals surface area (Å²) in [6.07, 6.45) is 0. The molecule has 0 spiro atoms. The molecule has 0 saturated carbocycles. The summed E-state index contributed by atoms with van der Waals surface area (Å²) in [5.41, 5.74) is 0. The van der Waals surface area contributed by atoms with Crippen molar-refractivity contribution in [2.24, 2.45) is 0 Å². The maximum Gasteiger partial charge on any atom is 0.322 e. The van der Waals surface area contributed by atoms with Gasteiger partial charge in [0.1, 0.15) is 0 Å². The number of nitrogens with zero attached hydrogens (tertiary/aromatic N) is 4. The van der Waals surface area contributed by atoms with Gasteiger partial charge in [-0.1, -0.05) is 0 Å². The highest BCUT2D eigenvalue weighted by molar-refractivity contribution is 5.35. The SMILES string of the molecule is CCNc1nc(NCCN(C)C)nc(OC)n1. The van der Waals surface area contributed by atoms with Gasteiger partial charge in [-0.05, 0) is 21.0 Å². The van der Waals surface area contributed by atoms with Gasteiger partial charge >= 0.3 is 6.01 Å². The van der Waals surface area contributed by atoms with Gasteiger partial charge in [-0.2, -0.15) is 15.0 Å². The smallest absolute Gasteiger partial charge is 0.322 e. The summed E-state index contributed by atoms with van der Waals surface area (Å²) in [5, 5.41) is 6.15. The summed E-state index contributed by atoms with van der Waals surface area (Å²) in [7, 11) is 5.56. The molecule has 96 valence electrons. The van der Waals surface area contributed by atoms with Crippen molar-refractivity contribution >= 4 is 11.9 Å². The number of aromatic nitrogens is 3. The summed E-state index contributed by atoms with van der Waals surface area (Å²) in [4.78, 5) is 14.5. The molecule has 7 heteroatoms. The first-order chi connectivity index (χ1) is 8.15. The molecule has 0 unspecified atom stereocenters. The van der Waals surface area contributed by atoms with Crippen LogP contribution in [-0.2, 0) is 0 Å². The average Bonchev–Trinajstić information content (AvgIpc) is 2.28. The molecule has 7 nitrogen and oxygen atoms in total. The van der Waals surface area contributed by atoms with Crippen LogP contribution in [0, 0.1) is 0 Å². The number of rotatable bonds is 7. The Morgan fingerprint density at radius 1 is 1.12 bits per heavy atom. The van der Waals surface area contributed by atoms with Gasteiger partial charge < -0.3 is 20.3 Å². The summed E-state index contributed by atoms with van der Waals surface area (Å²) in [6, 6.07) is 0.309. The number of likely N-dealkylation sites (N-methyl/N-ethyl adjacent to an activating group) is 1. The Bertz CT molecular complexity index is 344. The van der Waals surface area contributed by atoms with Crippen LogP contribution in [0.3, 0.4) is 0 Å². The first kappa shape index (κ1) is 13.4. The van der Waals surface area contributed by atoms with Crippen LogP contribution < -0.4 is 15.4 Å². The van der Waals surface area contributed by atoms with E-state index >= 15 is 0 Å². The van der Waals surface area contributed by atoms with E-state index in [1.807, 2.05) is 21.0 Å². The standard InChI is InChI=1S/C10H20N6O/c1-5-11-8-13-9(12-6-7-16(2)3)15-10(14-8)17-4/h5-7H2,1-4H3,(H2,11,12,13,14,15). The van der Waals surface area contributed by atoms with Gasteiger partial charge in [0, 0.05) is 19.6 Å². The summed E-state index contributed by atoms with van der Waals surface area (Å²) in [5.74, 6) is 1.04. The highest BCUT2D eigenvalue weighted by Crippen LogP contribution is 2.10. The Kier molecular flexibility index (Phi) is 5.41. The molecule has 0 bridgehead atoms. The molecule has 17 heavy (non-hydrogen) atoms. The van der Waals surface area contributed by atoms with Crippen LogP contribution in [0.15, 0.2) is 0 Å². The van der Waals surface area contributed by atoms with E-state index < -0.39 is 0 Å². The Morgan fingerprint density at radius 2 is 1.76 bits per heavy atom. The minimum Gasteiger partial charge on any atom is -0.467 e. The largest absolute Gasteiger partial charge is 0.467 e. The third kappa shape index (κ3) is 4.81. The average molecular weight is 240 g/mol. The fraction of sp³-hybridized carbons (Fsp3) is 0.700. The molecule has 1 rings (SSSR count). The van der Waals surface area contributed by atoms with Crippen molar-refractivity contribution in [1.82, 2.24) is 19.9 Å². The minimum absolute atomic E-state index is 0.309. The Hall–Kier alpha value is -1.63. The highest BCUT2D eigenvalue weighted by atomic mass is 16.5. The molecule has 0 aliphatic carbocycles. The van der Waals surface area contributed by atoms with Crippen LogP contribution in [0.25, 0.3) is 0 Å². The monoisotopic (exact) mass is 240 g/mol. The number of methoxy groups -OCH3 is 1. The van der Waals surface area contributed by atoms with Gasteiger partial charge in [0.2, 0.25) is 11.9 Å². The van der Waals surface area contributed by atoms with E-state index in [4.69, 9.17) is 4.74 Å². The van der Waals surface area contributed by atoms with Gasteiger partial charge in [-0.15, -0.1) is 0 Å². The lowest BCUT2D eigenvalue weighted by Gasteiger charge is -2.11. The zero-order valence-electron chi connectivity index (χ0n) is 10.8. The molecular formula is C10H20N6O. The van der Waals surface area contributed by atoms with Gasteiger partial charge in [0.25, 0.3) is 0 Å². The molecule has 1 aromatic heterocycles. The van der Waals surface area contributed by atoms with Crippen LogP contribution in [0.2, 0.25) is 0 Å². The molecule has 0 aliphatic heterocycles. The molecule has 1 heterocycles. The first-order valence-corrected chi connectivity index (χ1v) is 5.58. The zero-order valence-corrected chi connectivity index (χ0v) is 10.8. The van der Waals surface area contributed by atoms with E-state index in [-0.39, 0.29) is 0 Å². The van der Waals surface area contributed by atoms with Crippen LogP contribution in [0.5, 0.6) is 6.01 Å². The third-order valence-corrected chi connectivity index (χ3v) is 1.97. The first-order valence-electron chi connectivity index (χ1n) is 5.58. The molecular weight excluding hydrogens is 220 g/mol. The van der Waals surface area contributed by atoms with Crippen molar-refractivity contribution in [2.75, 3.05) is 51.5 Å². The van der Waals surface area contributed by atoms with Crippen LogP contribution in [0.1, 0.15) is 6.92 Å².